The molecule has 0 saturated heterocycles. The molecule has 0 unspecified atom stereocenters. The van der Waals surface area contributed by atoms with Gasteiger partial charge in [-0.3, -0.25) is 0 Å². The van der Waals surface area contributed by atoms with Crippen molar-refractivity contribution in [1.29, 1.82) is 0 Å². The Labute approximate surface area is 271 Å². The Morgan fingerprint density at radius 2 is 1.16 bits per heavy atom. The minimum absolute atomic E-state index is 0. The third kappa shape index (κ3) is 23.1. The Hall–Kier alpha value is -3.12. The smallest absolute Gasteiger partial charge is 0.0152 e. The van der Waals surface area contributed by atoms with Crippen molar-refractivity contribution < 1.29 is 0 Å². The minimum atomic E-state index is 0. The van der Waals surface area contributed by atoms with Crippen molar-refractivity contribution in [1.82, 2.24) is 0 Å². The van der Waals surface area contributed by atoms with Crippen LogP contribution in [0.4, 0.5) is 0 Å². The van der Waals surface area contributed by atoms with Gasteiger partial charge < -0.3 is 0 Å². The van der Waals surface area contributed by atoms with Gasteiger partial charge in [0.1, 0.15) is 0 Å². The van der Waals surface area contributed by atoms with E-state index in [2.05, 4.69) is 117 Å². The molecule has 0 radical (unpaired) electrons. The average molecular weight is 587 g/mol. The molecule has 1 aliphatic carbocycles. The van der Waals surface area contributed by atoms with Crippen LogP contribution in [0.5, 0.6) is 0 Å². The summed E-state index contributed by atoms with van der Waals surface area (Å²) in [5.41, 5.74) is 11.6. The number of rotatable bonds is 5. The van der Waals surface area contributed by atoms with E-state index in [9.17, 15) is 0 Å². The van der Waals surface area contributed by atoms with Gasteiger partial charge in [0.05, 0.1) is 0 Å². The van der Waals surface area contributed by atoms with Crippen molar-refractivity contribution in [3.63, 3.8) is 0 Å². The molecule has 1 aliphatic rings. The summed E-state index contributed by atoms with van der Waals surface area (Å²) in [5.74, 6) is 0.860. The maximum absolute atomic E-state index is 3.98. The van der Waals surface area contributed by atoms with Crippen molar-refractivity contribution in [2.75, 3.05) is 0 Å². The van der Waals surface area contributed by atoms with Crippen molar-refractivity contribution in [2.24, 2.45) is 5.92 Å². The molecule has 0 heteroatoms. The molecular weight excluding hydrogens is 516 g/mol. The predicted octanol–water partition coefficient (Wildman–Crippen LogP) is 14.9. The number of hydrogen-bond acceptors (Lipinski definition) is 0. The molecule has 0 N–H and O–H groups in total. The van der Waals surface area contributed by atoms with Crippen LogP contribution in [0.25, 0.3) is 5.57 Å². The first kappa shape index (κ1) is 46.8. The molecule has 0 amide bonds. The third-order valence-electron chi connectivity index (χ3n) is 6.43. The first-order chi connectivity index (χ1) is 19.4. The van der Waals surface area contributed by atoms with E-state index in [0.29, 0.717) is 0 Å². The topological polar surface area (TPSA) is 0 Å². The van der Waals surface area contributed by atoms with E-state index >= 15 is 0 Å². The second-order valence-electron chi connectivity index (χ2n) is 11.1. The molecule has 3 rings (SSSR count). The van der Waals surface area contributed by atoms with E-state index in [-0.39, 0.29) is 14.9 Å². The fourth-order valence-electron chi connectivity index (χ4n) is 4.45. The second kappa shape index (κ2) is 29.0. The van der Waals surface area contributed by atoms with E-state index in [4.69, 9.17) is 0 Å². The summed E-state index contributed by atoms with van der Waals surface area (Å²) in [6.45, 7) is 34.2. The van der Waals surface area contributed by atoms with Crippen LogP contribution >= 0.6 is 0 Å². The molecule has 2 aromatic carbocycles. The monoisotopic (exact) mass is 587 g/mol. The highest BCUT2D eigenvalue weighted by Crippen LogP contribution is 2.31. The lowest BCUT2D eigenvalue weighted by atomic mass is 9.85. The zero-order valence-corrected chi connectivity index (χ0v) is 28.7. The maximum atomic E-state index is 3.98. The Balaban J connectivity index is -0.000000264. The van der Waals surface area contributed by atoms with Crippen LogP contribution in [0.1, 0.15) is 126 Å². The highest BCUT2D eigenvalue weighted by Gasteiger charge is 2.12. The van der Waals surface area contributed by atoms with Gasteiger partial charge in [-0.2, -0.15) is 0 Å². The molecule has 0 aliphatic heterocycles. The van der Waals surface area contributed by atoms with Crippen LogP contribution in [-0.2, 0) is 0 Å². The summed E-state index contributed by atoms with van der Waals surface area (Å²) in [5, 5.41) is 0. The predicted molar refractivity (Wildman–Crippen MR) is 205 cm³/mol. The van der Waals surface area contributed by atoms with E-state index < -0.39 is 0 Å². The summed E-state index contributed by atoms with van der Waals surface area (Å²) in [6, 6.07) is 19.0. The molecule has 0 bridgehead atoms. The van der Waals surface area contributed by atoms with Gasteiger partial charge in [0.25, 0.3) is 0 Å². The summed E-state index contributed by atoms with van der Waals surface area (Å²) in [6.07, 6.45) is 13.2. The third-order valence-corrected chi connectivity index (χ3v) is 6.43. The zero-order chi connectivity index (χ0) is 31.8. The van der Waals surface area contributed by atoms with Gasteiger partial charge in [-0.15, -0.1) is 6.58 Å². The first-order valence-electron chi connectivity index (χ1n) is 15.4. The van der Waals surface area contributed by atoms with Crippen LogP contribution in [0.2, 0.25) is 0 Å². The Bertz CT molecular complexity index is 1070. The van der Waals surface area contributed by atoms with Crippen molar-refractivity contribution >= 4 is 5.57 Å². The van der Waals surface area contributed by atoms with Crippen LogP contribution < -0.4 is 0 Å². The number of allylic oxidation sites excluding steroid dienone is 9. The number of aryl methyl sites for hydroxylation is 2. The fourth-order valence-corrected chi connectivity index (χ4v) is 4.45. The van der Waals surface area contributed by atoms with Crippen LogP contribution in [0, 0.1) is 19.8 Å². The lowest BCUT2D eigenvalue weighted by molar-refractivity contribution is 0.404. The fraction of sp³-hybridized carbons (Fsp3) is 0.442. The van der Waals surface area contributed by atoms with E-state index in [1.54, 1.807) is 0 Å². The molecule has 1 saturated carbocycles. The van der Waals surface area contributed by atoms with Crippen molar-refractivity contribution in [2.45, 2.75) is 123 Å². The molecule has 242 valence electrons. The normalized spacial score (nSPS) is 12.2. The minimum Gasteiger partial charge on any atom is -0.100 e. The quantitative estimate of drug-likeness (QED) is 0.241. The van der Waals surface area contributed by atoms with Crippen LogP contribution in [0.15, 0.2) is 120 Å². The van der Waals surface area contributed by atoms with Gasteiger partial charge in [-0.25, -0.2) is 0 Å². The number of hydrogen-bond donors (Lipinski definition) is 0. The maximum Gasteiger partial charge on any atom is -0.0152 e. The largest absolute Gasteiger partial charge is 0.100 e. The Kier molecular flexibility index (Phi) is 31.6. The molecular formula is C43H70. The molecule has 0 aromatic heterocycles. The van der Waals surface area contributed by atoms with E-state index in [0.717, 1.165) is 5.92 Å². The average Bonchev–Trinajstić information content (AvgIpc) is 2.94. The lowest BCUT2D eigenvalue weighted by Crippen LogP contribution is -2.05. The molecule has 43 heavy (non-hydrogen) atoms. The molecule has 0 spiro atoms. The van der Waals surface area contributed by atoms with Crippen LogP contribution in [0.3, 0.4) is 0 Å². The van der Waals surface area contributed by atoms with E-state index in [1.807, 2.05) is 52.0 Å². The summed E-state index contributed by atoms with van der Waals surface area (Å²) in [7, 11) is 0. The SMILES string of the molecule is C.C.C=C(C)C.C=C(C)C1CCCCC1.C=C/C=C(/C)C(=C(C)C)/C(=C\C)c1ccc(C)cc1.CC.Cc1ccccc1. The van der Waals surface area contributed by atoms with Gasteiger partial charge >= 0.3 is 0 Å². The molecule has 0 nitrogen and oxygen atoms in total. The lowest BCUT2D eigenvalue weighted by Gasteiger charge is -2.21. The molecule has 0 atom stereocenters. The number of benzene rings is 2. The molecule has 2 aromatic rings. The highest BCUT2D eigenvalue weighted by atomic mass is 14.2. The van der Waals surface area contributed by atoms with Gasteiger partial charge in [-0.1, -0.05) is 162 Å². The Morgan fingerprint density at radius 1 is 0.721 bits per heavy atom. The van der Waals surface area contributed by atoms with E-state index in [1.165, 1.54) is 82.2 Å². The Morgan fingerprint density at radius 3 is 1.47 bits per heavy atom. The highest BCUT2D eigenvalue weighted by molar-refractivity contribution is 5.84. The first-order valence-corrected chi connectivity index (χ1v) is 15.4. The van der Waals surface area contributed by atoms with Crippen molar-refractivity contribution in [3.05, 3.63) is 137 Å². The van der Waals surface area contributed by atoms with Crippen molar-refractivity contribution in [3.8, 4) is 0 Å². The van der Waals surface area contributed by atoms with Crippen LogP contribution in [-0.4, -0.2) is 0 Å². The second-order valence-corrected chi connectivity index (χ2v) is 11.1. The molecule has 1 fully saturated rings. The molecule has 0 heterocycles. The van der Waals surface area contributed by atoms with Gasteiger partial charge in [-0.05, 0) is 103 Å². The van der Waals surface area contributed by atoms with Gasteiger partial charge in [0.15, 0.2) is 0 Å². The zero-order valence-electron chi connectivity index (χ0n) is 28.7. The summed E-state index contributed by atoms with van der Waals surface area (Å²) in [4.78, 5) is 0. The summed E-state index contributed by atoms with van der Waals surface area (Å²) >= 11 is 0. The van der Waals surface area contributed by atoms with Gasteiger partial charge in [0.2, 0.25) is 0 Å². The standard InChI is InChI=1S/C19H24.C9H16.C7H8.C4H8.C2H6.2CH4/c1-7-9-16(6)19(14(3)4)18(8-2)17-12-10-15(5)11-13-17;1-8(2)9-6-4-3-5-7-9;1-7-5-3-2-4-6-7;1-4(2)3;1-2;;/h7-13H,1H2,2-6H3;9H,1,3-7H2,2H3;2-6H,1H3;1H2,2-3H3;1-2H3;2*1H4/b16-9-,18-8-;;;;;;. The van der Waals surface area contributed by atoms with Gasteiger partial charge in [0, 0.05) is 0 Å². The summed E-state index contributed by atoms with van der Waals surface area (Å²) < 4.78 is 0.